The largest absolute Gasteiger partial charge is 0.456 e. The number of halogens is 3. The minimum atomic E-state index is -4.56. The van der Waals surface area contributed by atoms with E-state index in [1.807, 2.05) is 0 Å². The molecular weight excluding hydrogens is 405 g/mol. The van der Waals surface area contributed by atoms with Crippen LogP contribution < -0.4 is 5.32 Å². The molecule has 7 nitrogen and oxygen atoms in total. The molecule has 1 heterocycles. The number of fused-ring (bicyclic) bond motifs is 1. The van der Waals surface area contributed by atoms with Gasteiger partial charge in [-0.25, -0.2) is 0 Å². The molecule has 0 aliphatic carbocycles. The first kappa shape index (κ1) is 21.0. The summed E-state index contributed by atoms with van der Waals surface area (Å²) in [6.45, 7) is -0.947. The fourth-order valence-electron chi connectivity index (χ4n) is 2.83. The minimum Gasteiger partial charge on any atom is -0.456 e. The van der Waals surface area contributed by atoms with Crippen molar-refractivity contribution in [1.29, 1.82) is 0 Å². The van der Waals surface area contributed by atoms with Gasteiger partial charge in [-0.2, -0.15) is 13.2 Å². The number of carbonyl (C=O) groups excluding carboxylic acids is 4. The normalized spacial score (nSPS) is 13.2. The number of anilines is 1. The van der Waals surface area contributed by atoms with E-state index in [4.69, 9.17) is 4.74 Å². The van der Waals surface area contributed by atoms with Crippen LogP contribution in [-0.2, 0) is 20.5 Å². The summed E-state index contributed by atoms with van der Waals surface area (Å²) in [5, 5.41) is 2.20. The first-order valence-corrected chi connectivity index (χ1v) is 8.75. The lowest BCUT2D eigenvalue weighted by atomic mass is 10.1. The number of ether oxygens (including phenoxy) is 1. The Morgan fingerprint density at radius 3 is 2.20 bits per heavy atom. The molecule has 2 aromatic carbocycles. The summed E-state index contributed by atoms with van der Waals surface area (Å²) in [4.78, 5) is 48.9. The number of imide groups is 1. The van der Waals surface area contributed by atoms with Gasteiger partial charge in [0.1, 0.15) is 0 Å². The van der Waals surface area contributed by atoms with Crippen LogP contribution in [0.25, 0.3) is 0 Å². The molecule has 2 aromatic rings. The number of amides is 3. The highest BCUT2D eigenvalue weighted by Crippen LogP contribution is 2.30. The standard InChI is InChI=1S/C20H15F3N2O5/c21-20(22,23)12-4-3-5-13(10-12)24-16(26)11-30-17(27)8-9-25-18(28)14-6-1-2-7-15(14)19(25)29/h1-7,10H,8-9,11H2,(H,24,26). The SMILES string of the molecule is O=C(COC(=O)CCN1C(=O)c2ccccc2C1=O)Nc1cccc(C(F)(F)F)c1. The van der Waals surface area contributed by atoms with Crippen molar-refractivity contribution in [3.63, 3.8) is 0 Å². The van der Waals surface area contributed by atoms with Gasteiger partial charge in [0.2, 0.25) is 0 Å². The molecule has 0 saturated carbocycles. The average Bonchev–Trinajstić information content (AvgIpc) is 2.95. The van der Waals surface area contributed by atoms with Crippen LogP contribution in [0.4, 0.5) is 18.9 Å². The number of hydrogen-bond donors (Lipinski definition) is 1. The summed E-state index contributed by atoms with van der Waals surface area (Å²) in [5.74, 6) is -2.72. The molecule has 1 N–H and O–H groups in total. The van der Waals surface area contributed by atoms with Crippen molar-refractivity contribution < 1.29 is 37.1 Å². The Bertz CT molecular complexity index is 984. The molecule has 0 fully saturated rings. The van der Waals surface area contributed by atoms with Gasteiger partial charge in [-0.3, -0.25) is 24.1 Å². The second-order valence-corrected chi connectivity index (χ2v) is 6.34. The highest BCUT2D eigenvalue weighted by atomic mass is 19.4. The van der Waals surface area contributed by atoms with Gasteiger partial charge in [0.15, 0.2) is 6.61 Å². The lowest BCUT2D eigenvalue weighted by Gasteiger charge is -2.13. The van der Waals surface area contributed by atoms with Gasteiger partial charge in [0, 0.05) is 12.2 Å². The smallest absolute Gasteiger partial charge is 0.416 e. The van der Waals surface area contributed by atoms with Crippen LogP contribution in [0.1, 0.15) is 32.7 Å². The third-order valence-corrected chi connectivity index (χ3v) is 4.26. The Morgan fingerprint density at radius 2 is 1.60 bits per heavy atom. The Kier molecular flexibility index (Phi) is 5.86. The zero-order valence-corrected chi connectivity index (χ0v) is 15.4. The van der Waals surface area contributed by atoms with Gasteiger partial charge in [-0.05, 0) is 30.3 Å². The molecule has 1 aliphatic heterocycles. The Morgan fingerprint density at radius 1 is 0.967 bits per heavy atom. The van der Waals surface area contributed by atoms with Gasteiger partial charge in [-0.1, -0.05) is 18.2 Å². The highest BCUT2D eigenvalue weighted by molar-refractivity contribution is 6.21. The number of nitrogens with zero attached hydrogens (tertiary/aromatic N) is 1. The van der Waals surface area contributed by atoms with Gasteiger partial charge in [0.25, 0.3) is 17.7 Å². The Hall–Kier alpha value is -3.69. The number of benzene rings is 2. The maximum absolute atomic E-state index is 12.7. The predicted octanol–water partition coefficient (Wildman–Crippen LogP) is 2.87. The summed E-state index contributed by atoms with van der Waals surface area (Å²) < 4.78 is 42.8. The van der Waals surface area contributed by atoms with E-state index in [0.717, 1.165) is 23.1 Å². The van der Waals surface area contributed by atoms with Crippen molar-refractivity contribution in [2.24, 2.45) is 0 Å². The average molecular weight is 420 g/mol. The van der Waals surface area contributed by atoms with Crippen LogP contribution in [-0.4, -0.2) is 41.7 Å². The summed E-state index contributed by atoms with van der Waals surface area (Å²) >= 11 is 0. The van der Waals surface area contributed by atoms with E-state index in [9.17, 15) is 32.3 Å². The summed E-state index contributed by atoms with van der Waals surface area (Å²) in [6, 6.07) is 10.2. The number of alkyl halides is 3. The van der Waals surface area contributed by atoms with E-state index in [1.54, 1.807) is 12.1 Å². The van der Waals surface area contributed by atoms with Crippen molar-refractivity contribution in [1.82, 2.24) is 4.90 Å². The van der Waals surface area contributed by atoms with Crippen molar-refractivity contribution in [2.45, 2.75) is 12.6 Å². The van der Waals surface area contributed by atoms with E-state index < -0.39 is 42.0 Å². The van der Waals surface area contributed by atoms with E-state index in [-0.39, 0.29) is 29.8 Å². The van der Waals surface area contributed by atoms with E-state index in [1.165, 1.54) is 18.2 Å². The molecule has 3 amide bonds. The third-order valence-electron chi connectivity index (χ3n) is 4.26. The second-order valence-electron chi connectivity index (χ2n) is 6.34. The van der Waals surface area contributed by atoms with Crippen molar-refractivity contribution in [3.8, 4) is 0 Å². The predicted molar refractivity (Wildman–Crippen MR) is 97.5 cm³/mol. The summed E-state index contributed by atoms with van der Waals surface area (Å²) in [7, 11) is 0. The molecule has 0 bridgehead atoms. The monoisotopic (exact) mass is 420 g/mol. The molecule has 0 unspecified atom stereocenters. The van der Waals surface area contributed by atoms with Crippen LogP contribution in [0.15, 0.2) is 48.5 Å². The van der Waals surface area contributed by atoms with Crippen LogP contribution in [0.5, 0.6) is 0 Å². The molecule has 10 heteroatoms. The molecule has 3 rings (SSSR count). The van der Waals surface area contributed by atoms with Crippen molar-refractivity contribution >= 4 is 29.4 Å². The molecule has 1 aliphatic rings. The number of hydrogen-bond acceptors (Lipinski definition) is 5. The number of carbonyl (C=O) groups is 4. The molecule has 0 saturated heterocycles. The van der Waals surface area contributed by atoms with Gasteiger partial charge < -0.3 is 10.1 Å². The lowest BCUT2D eigenvalue weighted by Crippen LogP contribution is -2.32. The first-order chi connectivity index (χ1) is 14.2. The zero-order chi connectivity index (χ0) is 21.9. The molecule has 30 heavy (non-hydrogen) atoms. The molecule has 0 spiro atoms. The summed E-state index contributed by atoms with van der Waals surface area (Å²) in [6.07, 6.45) is -4.89. The number of rotatable bonds is 6. The number of esters is 1. The maximum atomic E-state index is 12.7. The Balaban J connectivity index is 1.47. The lowest BCUT2D eigenvalue weighted by molar-refractivity contribution is -0.147. The number of nitrogens with one attached hydrogen (secondary N) is 1. The summed E-state index contributed by atoms with van der Waals surface area (Å²) in [5.41, 5.74) is -0.539. The quantitative estimate of drug-likeness (QED) is 0.573. The minimum absolute atomic E-state index is 0.100. The van der Waals surface area contributed by atoms with E-state index in [0.29, 0.717) is 0 Å². The molecule has 0 atom stereocenters. The van der Waals surface area contributed by atoms with Gasteiger partial charge >= 0.3 is 12.1 Å². The Labute approximate surface area is 168 Å². The molecule has 156 valence electrons. The van der Waals surface area contributed by atoms with Crippen LogP contribution in [0.3, 0.4) is 0 Å². The fourth-order valence-corrected chi connectivity index (χ4v) is 2.83. The van der Waals surface area contributed by atoms with E-state index in [2.05, 4.69) is 5.32 Å². The topological polar surface area (TPSA) is 92.8 Å². The molecule has 0 aromatic heterocycles. The van der Waals surface area contributed by atoms with Gasteiger partial charge in [-0.15, -0.1) is 0 Å². The van der Waals surface area contributed by atoms with Crippen LogP contribution in [0.2, 0.25) is 0 Å². The molecule has 0 radical (unpaired) electrons. The highest BCUT2D eigenvalue weighted by Gasteiger charge is 2.35. The van der Waals surface area contributed by atoms with Crippen LogP contribution in [0, 0.1) is 0 Å². The zero-order valence-electron chi connectivity index (χ0n) is 15.4. The third kappa shape index (κ3) is 4.65. The molecular formula is C20H15F3N2O5. The maximum Gasteiger partial charge on any atom is 0.416 e. The van der Waals surface area contributed by atoms with Crippen molar-refractivity contribution in [2.75, 3.05) is 18.5 Å². The van der Waals surface area contributed by atoms with E-state index >= 15 is 0 Å². The second kappa shape index (κ2) is 8.36. The first-order valence-electron chi connectivity index (χ1n) is 8.75. The fraction of sp³-hybridized carbons (Fsp3) is 0.200. The van der Waals surface area contributed by atoms with Crippen LogP contribution >= 0.6 is 0 Å². The van der Waals surface area contributed by atoms with Crippen molar-refractivity contribution in [3.05, 3.63) is 65.2 Å². The van der Waals surface area contributed by atoms with Gasteiger partial charge in [0.05, 0.1) is 23.1 Å².